The summed E-state index contributed by atoms with van der Waals surface area (Å²) in [6, 6.07) is 15.0. The molecule has 168 valence electrons. The molecule has 2 aromatic carbocycles. The van der Waals surface area contributed by atoms with Crippen LogP contribution in [0.5, 0.6) is 0 Å². The van der Waals surface area contributed by atoms with Crippen molar-refractivity contribution in [2.75, 3.05) is 0 Å². The Bertz CT molecular complexity index is 1370. The first kappa shape index (κ1) is 21.4. The van der Waals surface area contributed by atoms with Crippen LogP contribution in [0, 0.1) is 11.7 Å². The molecule has 0 radical (unpaired) electrons. The Balaban J connectivity index is 1.50. The van der Waals surface area contributed by atoms with Crippen molar-refractivity contribution >= 4 is 27.6 Å². The van der Waals surface area contributed by atoms with Gasteiger partial charge in [-0.2, -0.15) is 0 Å². The van der Waals surface area contributed by atoms with Gasteiger partial charge in [-0.15, -0.1) is 0 Å². The summed E-state index contributed by atoms with van der Waals surface area (Å²) in [6.45, 7) is 0. The number of aromatic nitrogens is 3. The first-order valence-corrected chi connectivity index (χ1v) is 11.6. The number of fused-ring (bicyclic) bond motifs is 2. The van der Waals surface area contributed by atoms with Crippen LogP contribution in [0.25, 0.3) is 21.8 Å². The Morgan fingerprint density at radius 3 is 2.70 bits per heavy atom. The minimum atomic E-state index is -0.644. The van der Waals surface area contributed by atoms with Gasteiger partial charge in [0.1, 0.15) is 5.82 Å². The minimum Gasteiger partial charge on any atom is -0.297 e. The molecule has 1 unspecified atom stereocenters. The Morgan fingerprint density at radius 2 is 1.85 bits per heavy atom. The van der Waals surface area contributed by atoms with Crippen molar-refractivity contribution in [1.82, 2.24) is 14.5 Å². The van der Waals surface area contributed by atoms with E-state index in [-0.39, 0.29) is 23.1 Å². The lowest BCUT2D eigenvalue weighted by Crippen LogP contribution is -2.33. The highest BCUT2D eigenvalue weighted by Gasteiger charge is 2.27. The summed E-state index contributed by atoms with van der Waals surface area (Å²) >= 11 is 0. The van der Waals surface area contributed by atoms with Crippen LogP contribution < -0.4 is 5.56 Å². The van der Waals surface area contributed by atoms with E-state index in [1.165, 1.54) is 35.5 Å². The molecule has 4 aromatic rings. The molecule has 33 heavy (non-hydrogen) atoms. The number of nitrogens with zero attached hydrogens (tertiary/aromatic N) is 3. The second-order valence-electron chi connectivity index (χ2n) is 9.01. The summed E-state index contributed by atoms with van der Waals surface area (Å²) < 4.78 is 15.3. The minimum absolute atomic E-state index is 0.0667. The average Bonchev–Trinajstić information content (AvgIpc) is 2.84. The molecule has 0 spiro atoms. The quantitative estimate of drug-likeness (QED) is 0.400. The molecule has 1 saturated carbocycles. The molecular formula is C27H26FN3O2. The molecule has 2 aromatic heterocycles. The van der Waals surface area contributed by atoms with E-state index in [0.717, 1.165) is 36.6 Å². The Labute approximate surface area is 191 Å². The van der Waals surface area contributed by atoms with Gasteiger partial charge in [0.05, 0.1) is 35.2 Å². The number of rotatable bonds is 6. The van der Waals surface area contributed by atoms with E-state index >= 15 is 0 Å². The van der Waals surface area contributed by atoms with Crippen molar-refractivity contribution in [3.8, 4) is 0 Å². The standard InChI is InChI=1S/C27H26FN3O2/c28-20-11-13-24-22(15-20)27(33)31(17-29-24)25(14-18-6-2-1-3-7-18)26(32)16-21-12-10-19-8-4-5-9-23(19)30-21/h4-5,8-13,15,17-18,25H,1-3,6-7,14,16H2. The summed E-state index contributed by atoms with van der Waals surface area (Å²) in [5.74, 6) is -0.176. The summed E-state index contributed by atoms with van der Waals surface area (Å²) in [6.07, 6.45) is 7.80. The number of Topliss-reactive ketones (excluding diaryl/α,β-unsaturated/α-hetero) is 1. The number of benzene rings is 2. The highest BCUT2D eigenvalue weighted by Crippen LogP contribution is 2.31. The summed E-state index contributed by atoms with van der Waals surface area (Å²) in [4.78, 5) is 35.9. The zero-order valence-electron chi connectivity index (χ0n) is 18.4. The molecule has 2 heterocycles. The van der Waals surface area contributed by atoms with E-state index in [4.69, 9.17) is 0 Å². The lowest BCUT2D eigenvalue weighted by Gasteiger charge is -2.27. The number of halogens is 1. The molecule has 1 aliphatic carbocycles. The van der Waals surface area contributed by atoms with Crippen molar-refractivity contribution in [3.63, 3.8) is 0 Å². The SMILES string of the molecule is O=C(Cc1ccc2ccccc2n1)C(CC1CCCCC1)n1cnc2ccc(F)cc2c1=O. The van der Waals surface area contributed by atoms with E-state index in [9.17, 15) is 14.0 Å². The van der Waals surface area contributed by atoms with Gasteiger partial charge >= 0.3 is 0 Å². The summed E-state index contributed by atoms with van der Waals surface area (Å²) in [5, 5.41) is 1.22. The maximum Gasteiger partial charge on any atom is 0.261 e. The fraction of sp³-hybridized carbons (Fsp3) is 0.333. The van der Waals surface area contributed by atoms with E-state index in [2.05, 4.69) is 9.97 Å². The van der Waals surface area contributed by atoms with Crippen LogP contribution in [0.4, 0.5) is 4.39 Å². The van der Waals surface area contributed by atoms with Crippen molar-refractivity contribution in [2.24, 2.45) is 5.92 Å². The van der Waals surface area contributed by atoms with E-state index in [1.54, 1.807) is 0 Å². The Morgan fingerprint density at radius 1 is 1.03 bits per heavy atom. The van der Waals surface area contributed by atoms with Crippen molar-refractivity contribution in [1.29, 1.82) is 0 Å². The molecular weight excluding hydrogens is 417 g/mol. The predicted octanol–water partition coefficient (Wildman–Crippen LogP) is 5.41. The molecule has 1 aliphatic rings. The number of carbonyl (C=O) groups is 1. The zero-order valence-corrected chi connectivity index (χ0v) is 18.4. The maximum atomic E-state index is 13.8. The molecule has 1 atom stereocenters. The highest BCUT2D eigenvalue weighted by molar-refractivity contribution is 5.86. The first-order valence-electron chi connectivity index (χ1n) is 11.6. The van der Waals surface area contributed by atoms with Gasteiger partial charge in [0.15, 0.2) is 5.78 Å². The second kappa shape index (κ2) is 9.22. The van der Waals surface area contributed by atoms with Crippen LogP contribution in [-0.4, -0.2) is 20.3 Å². The highest BCUT2D eigenvalue weighted by atomic mass is 19.1. The van der Waals surface area contributed by atoms with Gasteiger partial charge in [-0.3, -0.25) is 19.1 Å². The molecule has 0 amide bonds. The lowest BCUT2D eigenvalue weighted by atomic mass is 9.83. The number of para-hydroxylation sites is 1. The average molecular weight is 444 g/mol. The smallest absolute Gasteiger partial charge is 0.261 e. The maximum absolute atomic E-state index is 13.8. The number of carbonyl (C=O) groups excluding carboxylic acids is 1. The molecule has 0 saturated heterocycles. The molecule has 5 rings (SSSR count). The third-order valence-corrected chi connectivity index (χ3v) is 6.74. The number of hydrogen-bond acceptors (Lipinski definition) is 4. The fourth-order valence-electron chi connectivity index (χ4n) is 4.97. The largest absolute Gasteiger partial charge is 0.297 e. The van der Waals surface area contributed by atoms with Gasteiger partial charge in [0, 0.05) is 11.1 Å². The summed E-state index contributed by atoms with van der Waals surface area (Å²) in [5.41, 5.74) is 1.57. The zero-order chi connectivity index (χ0) is 22.8. The van der Waals surface area contributed by atoms with Gasteiger partial charge in [0.25, 0.3) is 5.56 Å². The van der Waals surface area contributed by atoms with E-state index in [0.29, 0.717) is 23.5 Å². The number of ketones is 1. The van der Waals surface area contributed by atoms with Crippen LogP contribution in [0.15, 0.2) is 65.7 Å². The monoisotopic (exact) mass is 443 g/mol. The van der Waals surface area contributed by atoms with Gasteiger partial charge in [-0.05, 0) is 42.7 Å². The van der Waals surface area contributed by atoms with Crippen LogP contribution in [0.1, 0.15) is 50.3 Å². The normalized spacial score (nSPS) is 15.7. The predicted molar refractivity (Wildman–Crippen MR) is 127 cm³/mol. The van der Waals surface area contributed by atoms with Crippen molar-refractivity contribution < 1.29 is 9.18 Å². The van der Waals surface area contributed by atoms with Crippen LogP contribution >= 0.6 is 0 Å². The van der Waals surface area contributed by atoms with E-state index in [1.807, 2.05) is 36.4 Å². The number of hydrogen-bond donors (Lipinski definition) is 0. The molecule has 6 heteroatoms. The van der Waals surface area contributed by atoms with Gasteiger partial charge in [0.2, 0.25) is 0 Å². The van der Waals surface area contributed by atoms with Crippen LogP contribution in [0.2, 0.25) is 0 Å². The topological polar surface area (TPSA) is 64.8 Å². The lowest BCUT2D eigenvalue weighted by molar-refractivity contribution is -0.122. The fourth-order valence-corrected chi connectivity index (χ4v) is 4.97. The molecule has 0 N–H and O–H groups in total. The van der Waals surface area contributed by atoms with E-state index < -0.39 is 11.9 Å². The third kappa shape index (κ3) is 4.56. The van der Waals surface area contributed by atoms with Crippen molar-refractivity contribution in [2.45, 2.75) is 51.0 Å². The van der Waals surface area contributed by atoms with Gasteiger partial charge in [-0.25, -0.2) is 9.37 Å². The van der Waals surface area contributed by atoms with Gasteiger partial charge < -0.3 is 0 Å². The Kier molecular flexibility index (Phi) is 5.99. The van der Waals surface area contributed by atoms with Crippen LogP contribution in [0.3, 0.4) is 0 Å². The Hall–Kier alpha value is -3.41. The third-order valence-electron chi connectivity index (χ3n) is 6.74. The first-order chi connectivity index (χ1) is 16.1. The number of pyridine rings is 1. The summed E-state index contributed by atoms with van der Waals surface area (Å²) in [7, 11) is 0. The molecule has 0 bridgehead atoms. The molecule has 1 fully saturated rings. The van der Waals surface area contributed by atoms with Crippen LogP contribution in [-0.2, 0) is 11.2 Å². The van der Waals surface area contributed by atoms with Gasteiger partial charge in [-0.1, -0.05) is 56.4 Å². The van der Waals surface area contributed by atoms with Crippen molar-refractivity contribution in [3.05, 3.63) is 82.8 Å². The molecule has 5 nitrogen and oxygen atoms in total. The second-order valence-corrected chi connectivity index (χ2v) is 9.01. The molecule has 0 aliphatic heterocycles.